The lowest BCUT2D eigenvalue weighted by Gasteiger charge is -2.20. The molecule has 1 aliphatic heterocycles. The van der Waals surface area contributed by atoms with Gasteiger partial charge in [0.05, 0.1) is 12.0 Å². The molecular formula is C11H17FN2O3S. The molecule has 5 nitrogen and oxygen atoms in total. The van der Waals surface area contributed by atoms with E-state index in [-0.39, 0.29) is 17.8 Å². The fourth-order valence-corrected chi connectivity index (χ4v) is 2.27. The van der Waals surface area contributed by atoms with Crippen LogP contribution in [0.25, 0.3) is 0 Å². The normalized spacial score (nSPS) is 29.7. The molecule has 102 valence electrons. The van der Waals surface area contributed by atoms with Gasteiger partial charge in [-0.15, -0.1) is 0 Å². The molecule has 0 aromatic rings. The number of allylic oxidation sites excluding steroid dienone is 2. The SMILES string of the molecule is C/C=C(\F)C1C(NS(=O)(=O)O)=N[C@@H](C)C=C[C@H]1C. The monoisotopic (exact) mass is 276 g/mol. The fourth-order valence-electron chi connectivity index (χ4n) is 1.82. The Labute approximate surface area is 106 Å². The Hall–Kier alpha value is -1.21. The van der Waals surface area contributed by atoms with Crippen molar-refractivity contribution in [1.29, 1.82) is 0 Å². The van der Waals surface area contributed by atoms with Crippen molar-refractivity contribution < 1.29 is 17.4 Å². The second-order valence-corrected chi connectivity index (χ2v) is 5.38. The molecule has 0 saturated heterocycles. The van der Waals surface area contributed by atoms with Gasteiger partial charge >= 0.3 is 10.3 Å². The highest BCUT2D eigenvalue weighted by molar-refractivity contribution is 7.84. The first-order valence-electron chi connectivity index (χ1n) is 5.57. The van der Waals surface area contributed by atoms with Crippen LogP contribution in [0.3, 0.4) is 0 Å². The summed E-state index contributed by atoms with van der Waals surface area (Å²) >= 11 is 0. The van der Waals surface area contributed by atoms with Crippen molar-refractivity contribution >= 4 is 16.1 Å². The van der Waals surface area contributed by atoms with Crippen molar-refractivity contribution in [3.05, 3.63) is 24.1 Å². The van der Waals surface area contributed by atoms with Crippen LogP contribution in [0.5, 0.6) is 0 Å². The van der Waals surface area contributed by atoms with Gasteiger partial charge in [-0.25, -0.2) is 9.11 Å². The molecule has 7 heteroatoms. The smallest absolute Gasteiger partial charge is 0.269 e. The molecule has 0 aromatic heterocycles. The second kappa shape index (κ2) is 5.62. The predicted molar refractivity (Wildman–Crippen MR) is 68.2 cm³/mol. The average Bonchev–Trinajstić information content (AvgIpc) is 2.35. The summed E-state index contributed by atoms with van der Waals surface area (Å²) in [4.78, 5) is 4.06. The Balaban J connectivity index is 3.21. The quantitative estimate of drug-likeness (QED) is 0.597. The minimum atomic E-state index is -4.46. The Morgan fingerprint density at radius 1 is 1.50 bits per heavy atom. The zero-order valence-corrected chi connectivity index (χ0v) is 11.3. The minimum absolute atomic E-state index is 0.0851. The van der Waals surface area contributed by atoms with Gasteiger partial charge in [-0.1, -0.05) is 25.2 Å². The van der Waals surface area contributed by atoms with Crippen molar-refractivity contribution in [1.82, 2.24) is 4.72 Å². The highest BCUT2D eigenvalue weighted by atomic mass is 32.2. The molecule has 0 fully saturated rings. The van der Waals surface area contributed by atoms with Gasteiger partial charge in [0.25, 0.3) is 0 Å². The Morgan fingerprint density at radius 2 is 2.11 bits per heavy atom. The molecule has 2 N–H and O–H groups in total. The van der Waals surface area contributed by atoms with Gasteiger partial charge in [-0.3, -0.25) is 9.55 Å². The molecule has 0 aromatic carbocycles. The summed E-state index contributed by atoms with van der Waals surface area (Å²) in [6, 6.07) is -0.286. The van der Waals surface area contributed by atoms with E-state index in [1.54, 1.807) is 26.0 Å². The fraction of sp³-hybridized carbons (Fsp3) is 0.545. The largest absolute Gasteiger partial charge is 0.358 e. The van der Waals surface area contributed by atoms with E-state index in [4.69, 9.17) is 4.55 Å². The van der Waals surface area contributed by atoms with E-state index in [2.05, 4.69) is 4.99 Å². The van der Waals surface area contributed by atoms with Crippen LogP contribution in [-0.4, -0.2) is 24.8 Å². The van der Waals surface area contributed by atoms with Crippen molar-refractivity contribution in [2.75, 3.05) is 0 Å². The van der Waals surface area contributed by atoms with Crippen LogP contribution < -0.4 is 4.72 Å². The van der Waals surface area contributed by atoms with Gasteiger partial charge in [0.1, 0.15) is 11.7 Å². The van der Waals surface area contributed by atoms with Crippen LogP contribution in [0.4, 0.5) is 4.39 Å². The summed E-state index contributed by atoms with van der Waals surface area (Å²) in [5.41, 5.74) is 0. The summed E-state index contributed by atoms with van der Waals surface area (Å²) in [7, 11) is -4.46. The van der Waals surface area contributed by atoms with Gasteiger partial charge in [0, 0.05) is 0 Å². The zero-order valence-electron chi connectivity index (χ0n) is 10.5. The number of hydrogen-bond donors (Lipinski definition) is 2. The molecule has 0 bridgehead atoms. The molecule has 0 amide bonds. The number of hydrogen-bond acceptors (Lipinski definition) is 3. The second-order valence-electron chi connectivity index (χ2n) is 4.23. The molecular weight excluding hydrogens is 259 g/mol. The molecule has 1 aliphatic rings. The molecule has 0 saturated carbocycles. The maximum atomic E-state index is 13.8. The van der Waals surface area contributed by atoms with Crippen LogP contribution in [0, 0.1) is 11.8 Å². The van der Waals surface area contributed by atoms with Crippen molar-refractivity contribution in [3.63, 3.8) is 0 Å². The van der Waals surface area contributed by atoms with E-state index in [0.717, 1.165) is 0 Å². The lowest BCUT2D eigenvalue weighted by Crippen LogP contribution is -2.38. The van der Waals surface area contributed by atoms with Gasteiger partial charge in [0.15, 0.2) is 0 Å². The van der Waals surface area contributed by atoms with Crippen LogP contribution in [0.1, 0.15) is 20.8 Å². The van der Waals surface area contributed by atoms with Gasteiger partial charge in [-0.2, -0.15) is 8.42 Å². The highest BCUT2D eigenvalue weighted by Gasteiger charge is 2.30. The number of amidine groups is 1. The number of nitrogens with one attached hydrogen (secondary N) is 1. The first-order chi connectivity index (χ1) is 8.24. The van der Waals surface area contributed by atoms with E-state index < -0.39 is 22.0 Å². The summed E-state index contributed by atoms with van der Waals surface area (Å²) < 4.78 is 46.3. The standard InChI is InChI=1S/C11H17FN2O3S/c1-4-9(12)10-7(2)5-6-8(3)13-11(10)14-18(15,16)17/h4-8,10H,1-3H3,(H,13,14)(H,15,16,17)/b9-4-/t7-,8+,10?/m1/s1. The molecule has 0 aliphatic carbocycles. The summed E-state index contributed by atoms with van der Waals surface area (Å²) in [6.07, 6.45) is 4.80. The van der Waals surface area contributed by atoms with Crippen molar-refractivity contribution in [3.8, 4) is 0 Å². The Kier molecular flexibility index (Phi) is 4.64. The third-order valence-electron chi connectivity index (χ3n) is 2.66. The topological polar surface area (TPSA) is 78.8 Å². The van der Waals surface area contributed by atoms with Crippen LogP contribution in [0.2, 0.25) is 0 Å². The lowest BCUT2D eigenvalue weighted by molar-refractivity contribution is 0.461. The molecule has 3 atom stereocenters. The molecule has 1 rings (SSSR count). The van der Waals surface area contributed by atoms with Crippen molar-refractivity contribution in [2.24, 2.45) is 16.8 Å². The number of aliphatic imine (C=N–C) groups is 1. The van der Waals surface area contributed by atoms with Crippen LogP contribution in [-0.2, 0) is 10.3 Å². The van der Waals surface area contributed by atoms with Gasteiger partial charge in [-0.05, 0) is 19.8 Å². The first-order valence-corrected chi connectivity index (χ1v) is 7.01. The van der Waals surface area contributed by atoms with Crippen LogP contribution in [0.15, 0.2) is 29.0 Å². The summed E-state index contributed by atoms with van der Waals surface area (Å²) in [6.45, 7) is 5.01. The Morgan fingerprint density at radius 3 is 2.61 bits per heavy atom. The number of nitrogens with zero attached hydrogens (tertiary/aromatic N) is 1. The lowest BCUT2D eigenvalue weighted by atomic mass is 9.91. The summed E-state index contributed by atoms with van der Waals surface area (Å²) in [5.74, 6) is -1.67. The maximum Gasteiger partial charge on any atom is 0.358 e. The minimum Gasteiger partial charge on any atom is -0.269 e. The number of halogens is 1. The third kappa shape index (κ3) is 3.92. The number of rotatable bonds is 2. The first kappa shape index (κ1) is 14.8. The zero-order chi connectivity index (χ0) is 13.9. The molecule has 0 radical (unpaired) electrons. The van der Waals surface area contributed by atoms with Crippen LogP contribution >= 0.6 is 0 Å². The molecule has 1 heterocycles. The van der Waals surface area contributed by atoms with E-state index >= 15 is 0 Å². The maximum absolute atomic E-state index is 13.8. The van der Waals surface area contributed by atoms with E-state index in [1.807, 2.05) is 4.72 Å². The van der Waals surface area contributed by atoms with E-state index in [9.17, 15) is 12.8 Å². The highest BCUT2D eigenvalue weighted by Crippen LogP contribution is 2.27. The molecule has 1 unspecified atom stereocenters. The van der Waals surface area contributed by atoms with Crippen molar-refractivity contribution in [2.45, 2.75) is 26.8 Å². The summed E-state index contributed by atoms with van der Waals surface area (Å²) in [5, 5.41) is 0. The van der Waals surface area contributed by atoms with E-state index in [1.165, 1.54) is 13.0 Å². The molecule has 0 spiro atoms. The van der Waals surface area contributed by atoms with Gasteiger partial charge in [0.2, 0.25) is 0 Å². The average molecular weight is 276 g/mol. The molecule has 18 heavy (non-hydrogen) atoms. The van der Waals surface area contributed by atoms with E-state index in [0.29, 0.717) is 0 Å². The van der Waals surface area contributed by atoms with Gasteiger partial charge < -0.3 is 0 Å². The third-order valence-corrected chi connectivity index (χ3v) is 3.13. The predicted octanol–water partition coefficient (Wildman–Crippen LogP) is 1.86. The Bertz CT molecular complexity index is 496.